The molecule has 0 saturated heterocycles. The number of nitrogens with zero attached hydrogens (tertiary/aromatic N) is 1. The van der Waals surface area contributed by atoms with Crippen molar-refractivity contribution < 1.29 is 14.7 Å². The number of amides is 1. The van der Waals surface area contributed by atoms with Gasteiger partial charge in [0, 0.05) is 12.1 Å². The van der Waals surface area contributed by atoms with Crippen LogP contribution in [0.25, 0.3) is 10.9 Å². The Hall–Kier alpha value is -2.90. The highest BCUT2D eigenvalue weighted by molar-refractivity contribution is 5.99. The molecule has 25 heavy (non-hydrogen) atoms. The Morgan fingerprint density at radius 2 is 1.96 bits per heavy atom. The fourth-order valence-electron chi connectivity index (χ4n) is 2.62. The lowest BCUT2D eigenvalue weighted by Gasteiger charge is -2.16. The molecule has 2 rings (SSSR count). The molecule has 0 fully saturated rings. The van der Waals surface area contributed by atoms with E-state index in [4.69, 9.17) is 0 Å². The van der Waals surface area contributed by atoms with E-state index in [2.05, 4.69) is 10.3 Å². The van der Waals surface area contributed by atoms with Gasteiger partial charge in [-0.15, -0.1) is 0 Å². The van der Waals surface area contributed by atoms with Crippen molar-refractivity contribution in [2.75, 3.05) is 0 Å². The summed E-state index contributed by atoms with van der Waals surface area (Å²) in [4.78, 5) is 50.3. The van der Waals surface area contributed by atoms with E-state index in [9.17, 15) is 24.3 Å². The van der Waals surface area contributed by atoms with Gasteiger partial charge >= 0.3 is 11.7 Å². The Balaban J connectivity index is 2.38. The highest BCUT2D eigenvalue weighted by atomic mass is 16.4. The smallest absolute Gasteiger partial charge is 0.328 e. The molecule has 3 N–H and O–H groups in total. The van der Waals surface area contributed by atoms with E-state index in [0.29, 0.717) is 6.42 Å². The number of H-pyrrole nitrogens is 1. The largest absolute Gasteiger partial charge is 0.480 e. The average molecular weight is 347 g/mol. The summed E-state index contributed by atoms with van der Waals surface area (Å²) in [6.07, 6.45) is 0.298. The molecular formula is C17H21N3O5. The normalized spacial score (nSPS) is 12.3. The second kappa shape index (κ2) is 7.33. The number of aromatic nitrogens is 2. The number of carbonyl (C=O) groups excluding carboxylic acids is 1. The first kappa shape index (κ1) is 18.4. The van der Waals surface area contributed by atoms with Crippen LogP contribution in [0.5, 0.6) is 0 Å². The van der Waals surface area contributed by atoms with Crippen LogP contribution >= 0.6 is 0 Å². The van der Waals surface area contributed by atoms with E-state index in [1.54, 1.807) is 6.92 Å². The maximum atomic E-state index is 12.3. The minimum absolute atomic E-state index is 0.0990. The van der Waals surface area contributed by atoms with E-state index in [1.165, 1.54) is 18.2 Å². The zero-order valence-corrected chi connectivity index (χ0v) is 14.3. The van der Waals surface area contributed by atoms with Gasteiger partial charge in [0.1, 0.15) is 6.04 Å². The quantitative estimate of drug-likeness (QED) is 0.718. The molecule has 1 amide bonds. The average Bonchev–Trinajstić information content (AvgIpc) is 2.53. The van der Waals surface area contributed by atoms with Crippen LogP contribution < -0.4 is 16.6 Å². The molecule has 0 bridgehead atoms. The van der Waals surface area contributed by atoms with Gasteiger partial charge in [-0.2, -0.15) is 0 Å². The lowest BCUT2D eigenvalue weighted by Crippen LogP contribution is -2.41. The molecular weight excluding hydrogens is 326 g/mol. The molecule has 8 heteroatoms. The Bertz CT molecular complexity index is 926. The summed E-state index contributed by atoms with van der Waals surface area (Å²) >= 11 is 0. The molecule has 0 aliphatic rings. The van der Waals surface area contributed by atoms with Crippen molar-refractivity contribution in [1.29, 1.82) is 0 Å². The number of nitrogens with one attached hydrogen (secondary N) is 2. The van der Waals surface area contributed by atoms with Crippen LogP contribution in [0.1, 0.15) is 37.6 Å². The van der Waals surface area contributed by atoms with Crippen LogP contribution in [-0.2, 0) is 11.3 Å². The first-order valence-electron chi connectivity index (χ1n) is 8.05. The number of carboxylic acid groups (broad SMARTS) is 1. The van der Waals surface area contributed by atoms with Crippen molar-refractivity contribution in [3.63, 3.8) is 0 Å². The van der Waals surface area contributed by atoms with E-state index >= 15 is 0 Å². The summed E-state index contributed by atoms with van der Waals surface area (Å²) in [6, 6.07) is 3.26. The fraction of sp³-hybridized carbons (Fsp3) is 0.412. The molecule has 0 saturated carbocycles. The van der Waals surface area contributed by atoms with Crippen molar-refractivity contribution >= 4 is 22.8 Å². The van der Waals surface area contributed by atoms with Crippen LogP contribution in [0.4, 0.5) is 0 Å². The van der Waals surface area contributed by atoms with Gasteiger partial charge in [0.2, 0.25) is 0 Å². The van der Waals surface area contributed by atoms with Crippen molar-refractivity contribution in [1.82, 2.24) is 14.9 Å². The molecule has 2 aromatic rings. The lowest BCUT2D eigenvalue weighted by molar-refractivity contribution is -0.139. The van der Waals surface area contributed by atoms with Crippen molar-refractivity contribution in [3.8, 4) is 0 Å². The predicted molar refractivity (Wildman–Crippen MR) is 92.8 cm³/mol. The van der Waals surface area contributed by atoms with Gasteiger partial charge in [-0.05, 0) is 37.5 Å². The molecule has 1 aromatic carbocycles. The predicted octanol–water partition coefficient (Wildman–Crippen LogP) is 0.939. The maximum absolute atomic E-state index is 12.3. The van der Waals surface area contributed by atoms with Gasteiger partial charge in [0.25, 0.3) is 11.5 Å². The van der Waals surface area contributed by atoms with Gasteiger partial charge < -0.3 is 15.4 Å². The number of fused-ring (bicyclic) bond motifs is 1. The minimum atomic E-state index is -1.11. The summed E-state index contributed by atoms with van der Waals surface area (Å²) in [5, 5.41) is 12.0. The highest BCUT2D eigenvalue weighted by Crippen LogP contribution is 2.11. The van der Waals surface area contributed by atoms with Crippen molar-refractivity contribution in [2.45, 2.75) is 39.8 Å². The Labute approximate surface area is 143 Å². The zero-order valence-electron chi connectivity index (χ0n) is 14.3. The standard InChI is InChI=1S/C17H21N3O5/c1-4-20-15(22)11-6-5-10(8-12(11)19-17(20)25)14(21)18-13(16(23)24)7-9(2)3/h5-6,8-9,13H,4,7H2,1-3H3,(H,18,21)(H,19,25)(H,23,24)/t13-/m1/s1. The summed E-state index contributed by atoms with van der Waals surface area (Å²) in [5.74, 6) is -1.58. The number of aromatic amines is 1. The van der Waals surface area contributed by atoms with Crippen molar-refractivity contribution in [3.05, 3.63) is 44.6 Å². The van der Waals surface area contributed by atoms with Crippen LogP contribution in [0.15, 0.2) is 27.8 Å². The van der Waals surface area contributed by atoms with Crippen molar-refractivity contribution in [2.24, 2.45) is 5.92 Å². The van der Waals surface area contributed by atoms with Crippen LogP contribution in [0.2, 0.25) is 0 Å². The zero-order chi connectivity index (χ0) is 18.7. The van der Waals surface area contributed by atoms with Crippen LogP contribution in [0.3, 0.4) is 0 Å². The third-order valence-electron chi connectivity index (χ3n) is 3.87. The first-order valence-corrected chi connectivity index (χ1v) is 8.05. The molecule has 134 valence electrons. The van der Waals surface area contributed by atoms with E-state index in [1.807, 2.05) is 13.8 Å². The lowest BCUT2D eigenvalue weighted by atomic mass is 10.0. The van der Waals surface area contributed by atoms with Gasteiger partial charge in [-0.3, -0.25) is 14.2 Å². The molecule has 0 aliphatic carbocycles. The summed E-state index contributed by atoms with van der Waals surface area (Å²) in [5.41, 5.74) is -0.577. The second-order valence-electron chi connectivity index (χ2n) is 6.23. The molecule has 1 atom stereocenters. The van der Waals surface area contributed by atoms with E-state index in [0.717, 1.165) is 4.57 Å². The number of hydrogen-bond acceptors (Lipinski definition) is 4. The molecule has 1 aromatic heterocycles. The van der Waals surface area contributed by atoms with E-state index in [-0.39, 0.29) is 28.9 Å². The number of aliphatic carboxylic acids is 1. The van der Waals surface area contributed by atoms with Crippen LogP contribution in [0, 0.1) is 5.92 Å². The molecule has 0 aliphatic heterocycles. The summed E-state index contributed by atoms with van der Waals surface area (Å²) in [6.45, 7) is 5.65. The maximum Gasteiger partial charge on any atom is 0.328 e. The van der Waals surface area contributed by atoms with Gasteiger partial charge in [0.05, 0.1) is 10.9 Å². The Morgan fingerprint density at radius 1 is 1.28 bits per heavy atom. The van der Waals surface area contributed by atoms with Gasteiger partial charge in [-0.25, -0.2) is 9.59 Å². The number of carbonyl (C=O) groups is 2. The third kappa shape index (κ3) is 3.96. The van der Waals surface area contributed by atoms with Gasteiger partial charge in [-0.1, -0.05) is 13.8 Å². The monoisotopic (exact) mass is 347 g/mol. The molecule has 1 heterocycles. The van der Waals surface area contributed by atoms with Gasteiger partial charge in [0.15, 0.2) is 0 Å². The third-order valence-corrected chi connectivity index (χ3v) is 3.87. The SMILES string of the molecule is CCn1c(=O)[nH]c2cc(C(=O)N[C@H](CC(C)C)C(=O)O)ccc2c1=O. The number of benzene rings is 1. The minimum Gasteiger partial charge on any atom is -0.480 e. The van der Waals surface area contributed by atoms with E-state index < -0.39 is 29.2 Å². The van der Waals surface area contributed by atoms with Crippen LogP contribution in [-0.4, -0.2) is 32.6 Å². The molecule has 0 radical (unpaired) electrons. The Kier molecular flexibility index (Phi) is 5.41. The molecule has 0 spiro atoms. The number of rotatable bonds is 6. The fourth-order valence-corrected chi connectivity index (χ4v) is 2.62. The second-order valence-corrected chi connectivity index (χ2v) is 6.23. The number of hydrogen-bond donors (Lipinski definition) is 3. The highest BCUT2D eigenvalue weighted by Gasteiger charge is 2.22. The summed E-state index contributed by atoms with van der Waals surface area (Å²) in [7, 11) is 0. The Morgan fingerprint density at radius 3 is 2.52 bits per heavy atom. The topological polar surface area (TPSA) is 121 Å². The number of carboxylic acids is 1. The molecule has 0 unspecified atom stereocenters. The molecule has 8 nitrogen and oxygen atoms in total. The summed E-state index contributed by atoms with van der Waals surface area (Å²) < 4.78 is 1.06. The first-order chi connectivity index (χ1) is 11.7.